The van der Waals surface area contributed by atoms with Crippen LogP contribution in [-0.4, -0.2) is 19.9 Å². The molecular formula is C14H19N3O3S. The van der Waals surface area contributed by atoms with E-state index in [1.54, 1.807) is 20.8 Å². The van der Waals surface area contributed by atoms with Crippen LogP contribution in [0.4, 0.5) is 11.7 Å². The van der Waals surface area contributed by atoms with Crippen molar-refractivity contribution in [1.82, 2.24) is 4.98 Å². The fourth-order valence-corrected chi connectivity index (χ4v) is 3.64. The minimum Gasteiger partial charge on any atom is -0.431 e. The number of oxazole rings is 1. The highest BCUT2D eigenvalue weighted by molar-refractivity contribution is 7.92. The molecule has 0 radical (unpaired) electrons. The van der Waals surface area contributed by atoms with Crippen molar-refractivity contribution in [3.63, 3.8) is 0 Å². The van der Waals surface area contributed by atoms with E-state index in [-0.39, 0.29) is 10.9 Å². The molecule has 7 heteroatoms. The number of aromatic nitrogens is 1. The van der Waals surface area contributed by atoms with Crippen molar-refractivity contribution in [3.05, 3.63) is 35.2 Å². The number of benzene rings is 1. The summed E-state index contributed by atoms with van der Waals surface area (Å²) < 4.78 is 32.4. The van der Waals surface area contributed by atoms with Gasteiger partial charge in [0.2, 0.25) is 0 Å². The summed E-state index contributed by atoms with van der Waals surface area (Å²) in [5, 5.41) is 3.17. The van der Waals surface area contributed by atoms with Gasteiger partial charge < -0.3 is 9.73 Å². The third-order valence-electron chi connectivity index (χ3n) is 2.95. The zero-order valence-electron chi connectivity index (χ0n) is 12.5. The molecule has 0 saturated heterocycles. The van der Waals surface area contributed by atoms with Crippen LogP contribution >= 0.6 is 0 Å². The van der Waals surface area contributed by atoms with Crippen LogP contribution < -0.4 is 10.0 Å². The molecule has 2 rings (SSSR count). The number of nitrogens with one attached hydrogen (secondary N) is 2. The number of sulfonamides is 1. The second kappa shape index (κ2) is 5.77. The van der Waals surface area contributed by atoms with Gasteiger partial charge >= 0.3 is 6.01 Å². The van der Waals surface area contributed by atoms with Crippen molar-refractivity contribution in [1.29, 1.82) is 0 Å². The molecule has 21 heavy (non-hydrogen) atoms. The van der Waals surface area contributed by atoms with Gasteiger partial charge in [-0.05, 0) is 51.0 Å². The zero-order chi connectivity index (χ0) is 15.6. The number of rotatable bonds is 5. The molecule has 0 bridgehead atoms. The summed E-state index contributed by atoms with van der Waals surface area (Å²) in [6.45, 7) is 8.02. The van der Waals surface area contributed by atoms with Gasteiger partial charge in [-0.1, -0.05) is 0 Å². The van der Waals surface area contributed by atoms with Crippen molar-refractivity contribution in [2.45, 2.75) is 32.6 Å². The Balaban J connectivity index is 2.40. The van der Waals surface area contributed by atoms with E-state index in [1.807, 2.05) is 19.1 Å². The highest BCUT2D eigenvalue weighted by Gasteiger charge is 2.22. The van der Waals surface area contributed by atoms with Gasteiger partial charge in [0.1, 0.15) is 6.26 Å². The van der Waals surface area contributed by atoms with Crippen molar-refractivity contribution in [3.8, 4) is 0 Å². The van der Waals surface area contributed by atoms with Crippen LogP contribution in [0.15, 0.2) is 27.7 Å². The molecule has 6 nitrogen and oxygen atoms in total. The first-order valence-corrected chi connectivity index (χ1v) is 8.12. The SMILES string of the molecule is CCNc1cc(C)c(S(=O)(=O)Nc2nc(C)co2)c(C)c1. The molecule has 2 N–H and O–H groups in total. The summed E-state index contributed by atoms with van der Waals surface area (Å²) in [5.41, 5.74) is 2.85. The second-order valence-electron chi connectivity index (χ2n) is 4.87. The van der Waals surface area contributed by atoms with E-state index in [2.05, 4.69) is 15.0 Å². The second-order valence-corrected chi connectivity index (χ2v) is 6.49. The Kier molecular flexibility index (Phi) is 4.22. The number of nitrogens with zero attached hydrogens (tertiary/aromatic N) is 1. The van der Waals surface area contributed by atoms with Crippen molar-refractivity contribution in [2.24, 2.45) is 0 Å². The van der Waals surface area contributed by atoms with E-state index in [4.69, 9.17) is 4.42 Å². The lowest BCUT2D eigenvalue weighted by Crippen LogP contribution is -2.16. The van der Waals surface area contributed by atoms with E-state index < -0.39 is 10.0 Å². The van der Waals surface area contributed by atoms with E-state index >= 15 is 0 Å². The first-order chi connectivity index (χ1) is 9.83. The van der Waals surface area contributed by atoms with Crippen LogP contribution in [0, 0.1) is 20.8 Å². The minimum atomic E-state index is -3.73. The normalized spacial score (nSPS) is 11.4. The first kappa shape index (κ1) is 15.4. The lowest BCUT2D eigenvalue weighted by molar-refractivity contribution is 0.569. The lowest BCUT2D eigenvalue weighted by Gasteiger charge is -2.13. The molecule has 1 heterocycles. The Bertz CT molecular complexity index is 728. The smallest absolute Gasteiger partial charge is 0.309 e. The van der Waals surface area contributed by atoms with Crippen LogP contribution in [0.5, 0.6) is 0 Å². The van der Waals surface area contributed by atoms with Gasteiger partial charge in [-0.2, -0.15) is 4.98 Å². The summed E-state index contributed by atoms with van der Waals surface area (Å²) in [4.78, 5) is 4.21. The summed E-state index contributed by atoms with van der Waals surface area (Å²) >= 11 is 0. The maximum atomic E-state index is 12.5. The van der Waals surface area contributed by atoms with Gasteiger partial charge in [0.15, 0.2) is 0 Å². The molecule has 0 fully saturated rings. The average molecular weight is 309 g/mol. The first-order valence-electron chi connectivity index (χ1n) is 6.63. The number of hydrogen-bond donors (Lipinski definition) is 2. The topological polar surface area (TPSA) is 84.2 Å². The standard InChI is InChI=1S/C14H19N3O3S/c1-5-15-12-6-9(2)13(10(3)7-12)21(18,19)17-14-16-11(4)8-20-14/h6-8,15H,5H2,1-4H3,(H,16,17). The van der Waals surface area contributed by atoms with E-state index in [1.165, 1.54) is 6.26 Å². The van der Waals surface area contributed by atoms with Gasteiger partial charge in [0.25, 0.3) is 10.0 Å². The average Bonchev–Trinajstić information content (AvgIpc) is 2.72. The van der Waals surface area contributed by atoms with Gasteiger partial charge in [-0.3, -0.25) is 0 Å². The monoisotopic (exact) mass is 309 g/mol. The van der Waals surface area contributed by atoms with Crippen molar-refractivity contribution < 1.29 is 12.8 Å². The summed E-state index contributed by atoms with van der Waals surface area (Å²) in [5.74, 6) is 0. The van der Waals surface area contributed by atoms with Crippen molar-refractivity contribution >= 4 is 21.7 Å². The molecular weight excluding hydrogens is 290 g/mol. The molecule has 0 amide bonds. The quantitative estimate of drug-likeness (QED) is 0.887. The van der Waals surface area contributed by atoms with E-state index in [9.17, 15) is 8.42 Å². The van der Waals surface area contributed by atoms with Crippen LogP contribution in [0.3, 0.4) is 0 Å². The van der Waals surface area contributed by atoms with Gasteiger partial charge in [0.05, 0.1) is 10.6 Å². The third kappa shape index (κ3) is 3.36. The van der Waals surface area contributed by atoms with Gasteiger partial charge in [-0.25, -0.2) is 13.1 Å². The molecule has 0 atom stereocenters. The van der Waals surface area contributed by atoms with Crippen LogP contribution in [-0.2, 0) is 10.0 Å². The van der Waals surface area contributed by atoms with Crippen LogP contribution in [0.1, 0.15) is 23.7 Å². The Labute approximate surface area is 124 Å². The molecule has 0 saturated carbocycles. The lowest BCUT2D eigenvalue weighted by atomic mass is 10.1. The Hall–Kier alpha value is -2.02. The molecule has 0 unspecified atom stereocenters. The summed E-state index contributed by atoms with van der Waals surface area (Å²) in [7, 11) is -3.73. The van der Waals surface area contributed by atoms with Crippen molar-refractivity contribution in [2.75, 3.05) is 16.6 Å². The Morgan fingerprint density at radius 1 is 1.19 bits per heavy atom. The summed E-state index contributed by atoms with van der Waals surface area (Å²) in [6, 6.07) is 3.60. The minimum absolute atomic E-state index is 0.0259. The molecule has 1 aromatic carbocycles. The van der Waals surface area contributed by atoms with E-state index in [0.717, 1.165) is 12.2 Å². The maximum Gasteiger partial charge on any atom is 0.309 e. The largest absolute Gasteiger partial charge is 0.431 e. The Morgan fingerprint density at radius 2 is 1.81 bits per heavy atom. The van der Waals surface area contributed by atoms with E-state index in [0.29, 0.717) is 16.8 Å². The predicted octanol–water partition coefficient (Wildman–Crippen LogP) is 2.83. The fourth-order valence-electron chi connectivity index (χ4n) is 2.25. The summed E-state index contributed by atoms with van der Waals surface area (Å²) in [6.07, 6.45) is 1.39. The van der Waals surface area contributed by atoms with Gasteiger partial charge in [0, 0.05) is 12.2 Å². The van der Waals surface area contributed by atoms with Crippen LogP contribution in [0.25, 0.3) is 0 Å². The molecule has 0 aliphatic heterocycles. The molecule has 0 aliphatic rings. The zero-order valence-corrected chi connectivity index (χ0v) is 13.3. The number of aryl methyl sites for hydroxylation is 3. The highest BCUT2D eigenvalue weighted by atomic mass is 32.2. The van der Waals surface area contributed by atoms with Crippen LogP contribution in [0.2, 0.25) is 0 Å². The predicted molar refractivity (Wildman–Crippen MR) is 82.1 cm³/mol. The van der Waals surface area contributed by atoms with Gasteiger partial charge in [-0.15, -0.1) is 0 Å². The molecule has 0 aliphatic carbocycles. The molecule has 114 valence electrons. The molecule has 2 aromatic rings. The maximum absolute atomic E-state index is 12.5. The third-order valence-corrected chi connectivity index (χ3v) is 4.58. The fraction of sp³-hybridized carbons (Fsp3) is 0.357. The number of hydrogen-bond acceptors (Lipinski definition) is 5. The molecule has 0 spiro atoms. The Morgan fingerprint density at radius 3 is 2.29 bits per heavy atom. The molecule has 1 aromatic heterocycles. The number of anilines is 2. The highest BCUT2D eigenvalue weighted by Crippen LogP contribution is 2.26.